The second-order valence-electron chi connectivity index (χ2n) is 29.9. The number of hydrogen-bond donors (Lipinski definition) is 6. The van der Waals surface area contributed by atoms with Crippen molar-refractivity contribution in [1.82, 2.24) is 14.7 Å². The number of likely N-dealkylation sites (tertiary alicyclic amines) is 3. The quantitative estimate of drug-likeness (QED) is 0.0243. The summed E-state index contributed by atoms with van der Waals surface area (Å²) in [6, 6.07) is 85.1. The predicted molar refractivity (Wildman–Crippen MR) is 437 cm³/mol. The number of para-hydroxylation sites is 1. The van der Waals surface area contributed by atoms with E-state index in [2.05, 4.69) is 198 Å². The van der Waals surface area contributed by atoms with Crippen molar-refractivity contribution < 1.29 is 25.2 Å². The summed E-state index contributed by atoms with van der Waals surface area (Å²) < 4.78 is 0. The van der Waals surface area contributed by atoms with E-state index in [9.17, 15) is 25.2 Å². The molecule has 9 aromatic carbocycles. The molecule has 0 aromatic heterocycles. The normalized spacial score (nSPS) is 17.1. The molecular weight excluding hydrogens is 1290 g/mol. The summed E-state index contributed by atoms with van der Waals surface area (Å²) in [4.78, 5) is 19.5. The molecule has 14 rings (SSSR count). The molecular formula is C95H111N5O5. The number of nitrogen functional groups attached to an aromatic ring is 1. The molecule has 9 aromatic rings. The number of carbonyl (C=O) groups excluding carboxylic acids is 1. The number of phenols is 1. The minimum Gasteiger partial charge on any atom is -0.507 e. The van der Waals surface area contributed by atoms with Gasteiger partial charge >= 0.3 is 0 Å². The molecule has 5 fully saturated rings. The largest absolute Gasteiger partial charge is 0.507 e. The molecule has 0 spiro atoms. The fourth-order valence-corrected chi connectivity index (χ4v) is 16.3. The molecule has 0 unspecified atom stereocenters. The van der Waals surface area contributed by atoms with Crippen LogP contribution in [-0.2, 0) is 4.79 Å². The monoisotopic (exact) mass is 1400 g/mol. The Bertz CT molecular complexity index is 4260. The van der Waals surface area contributed by atoms with Gasteiger partial charge in [0.1, 0.15) is 5.75 Å². The molecule has 546 valence electrons. The molecule has 3 heterocycles. The summed E-state index contributed by atoms with van der Waals surface area (Å²) in [5.74, 6) is 2.10. The average Bonchev–Trinajstić information content (AvgIpc) is 1.45. The summed E-state index contributed by atoms with van der Waals surface area (Å²) in [6.45, 7) is 13.8. The van der Waals surface area contributed by atoms with E-state index in [1.807, 2.05) is 66.7 Å². The minimum absolute atomic E-state index is 0.0741. The van der Waals surface area contributed by atoms with E-state index in [4.69, 9.17) is 5.73 Å². The van der Waals surface area contributed by atoms with Crippen molar-refractivity contribution in [2.24, 2.45) is 0 Å². The molecule has 5 aliphatic rings. The van der Waals surface area contributed by atoms with Gasteiger partial charge in [-0.05, 0) is 299 Å². The first kappa shape index (κ1) is 75.7. The highest BCUT2D eigenvalue weighted by atomic mass is 16.3. The lowest BCUT2D eigenvalue weighted by atomic mass is 9.84. The number of allylic oxidation sites excluding steroid dienone is 3. The first-order chi connectivity index (χ1) is 51.4. The Kier molecular flexibility index (Phi) is 27.3. The van der Waals surface area contributed by atoms with Crippen molar-refractivity contribution in [2.45, 2.75) is 159 Å². The number of amides is 1. The van der Waals surface area contributed by atoms with Gasteiger partial charge in [0.05, 0.1) is 0 Å². The van der Waals surface area contributed by atoms with Crippen LogP contribution >= 0.6 is 0 Å². The lowest BCUT2D eigenvalue weighted by molar-refractivity contribution is -0.114. The summed E-state index contributed by atoms with van der Waals surface area (Å²) in [5.41, 5.74) is 29.1. The average molecular weight is 1400 g/mol. The highest BCUT2D eigenvalue weighted by molar-refractivity contribution is 6.01. The fraction of sp³-hybridized carbons (Fsp3) is 0.358. The molecule has 0 radical (unpaired) electrons. The molecule has 10 nitrogen and oxygen atoms in total. The van der Waals surface area contributed by atoms with Gasteiger partial charge in [0.25, 0.3) is 0 Å². The fourth-order valence-electron chi connectivity index (χ4n) is 16.3. The van der Waals surface area contributed by atoms with Crippen molar-refractivity contribution in [3.8, 4) is 5.75 Å². The van der Waals surface area contributed by atoms with Crippen LogP contribution < -0.4 is 11.1 Å². The van der Waals surface area contributed by atoms with E-state index >= 15 is 0 Å². The number of hydrogen-bond acceptors (Lipinski definition) is 9. The van der Waals surface area contributed by atoms with Gasteiger partial charge in [-0.25, -0.2) is 0 Å². The van der Waals surface area contributed by atoms with Crippen molar-refractivity contribution in [3.63, 3.8) is 0 Å². The highest BCUT2D eigenvalue weighted by Crippen LogP contribution is 2.44. The molecule has 0 atom stereocenters. The number of nitrogens with zero attached hydrogens (tertiary/aromatic N) is 3. The maximum Gasteiger partial charge on any atom is 0.221 e. The van der Waals surface area contributed by atoms with Crippen molar-refractivity contribution in [3.05, 3.63) is 303 Å². The first-order valence-corrected chi connectivity index (χ1v) is 39.2. The number of rotatable bonds is 25. The zero-order chi connectivity index (χ0) is 72.9. The smallest absolute Gasteiger partial charge is 0.221 e. The zero-order valence-corrected chi connectivity index (χ0v) is 62.3. The molecule has 2 saturated carbocycles. The third-order valence-electron chi connectivity index (χ3n) is 22.4. The van der Waals surface area contributed by atoms with Crippen LogP contribution in [0.1, 0.15) is 208 Å². The van der Waals surface area contributed by atoms with E-state index in [0.29, 0.717) is 36.6 Å². The molecule has 105 heavy (non-hydrogen) atoms. The van der Waals surface area contributed by atoms with Gasteiger partial charge < -0.3 is 46.2 Å². The number of nitrogens with one attached hydrogen (secondary N) is 1. The van der Waals surface area contributed by atoms with Gasteiger partial charge in [-0.1, -0.05) is 206 Å². The topological polar surface area (TPSA) is 146 Å². The van der Waals surface area contributed by atoms with Gasteiger partial charge in [0, 0.05) is 61.8 Å². The number of anilines is 2. The molecule has 3 saturated heterocycles. The Balaban J connectivity index is 0.000000148. The number of carbonyl (C=O) groups is 1. The van der Waals surface area contributed by atoms with E-state index < -0.39 is 0 Å². The van der Waals surface area contributed by atoms with Gasteiger partial charge in [-0.3, -0.25) is 4.79 Å². The minimum atomic E-state index is -0.0741. The molecule has 7 N–H and O–H groups in total. The van der Waals surface area contributed by atoms with Gasteiger partial charge in [0.15, 0.2) is 0 Å². The number of nitrogens with two attached hydrogens (primary N) is 1. The lowest BCUT2D eigenvalue weighted by Gasteiger charge is -2.34. The Labute approximate surface area is 625 Å². The summed E-state index contributed by atoms with van der Waals surface area (Å²) in [6.07, 6.45) is 17.5. The molecule has 2 aliphatic carbocycles. The van der Waals surface area contributed by atoms with Crippen LogP contribution in [0.15, 0.2) is 237 Å². The number of aliphatic hydroxyl groups is 3. The third-order valence-corrected chi connectivity index (χ3v) is 22.4. The Morgan fingerprint density at radius 2 is 0.705 bits per heavy atom. The summed E-state index contributed by atoms with van der Waals surface area (Å²) >= 11 is 0. The van der Waals surface area contributed by atoms with E-state index in [1.165, 1.54) is 159 Å². The van der Waals surface area contributed by atoms with Crippen LogP contribution in [0, 0.1) is 0 Å². The van der Waals surface area contributed by atoms with E-state index in [-0.39, 0.29) is 31.5 Å². The Morgan fingerprint density at radius 1 is 0.390 bits per heavy atom. The summed E-state index contributed by atoms with van der Waals surface area (Å²) in [7, 11) is 0. The molecule has 0 bridgehead atoms. The van der Waals surface area contributed by atoms with Crippen LogP contribution in [0.4, 0.5) is 11.4 Å². The molecule has 10 heteroatoms. The number of benzene rings is 9. The van der Waals surface area contributed by atoms with Crippen LogP contribution in [0.3, 0.4) is 0 Å². The maximum absolute atomic E-state index is 11.5. The number of phenolic OH excluding ortho intramolecular Hbond substituents is 1. The predicted octanol–water partition coefficient (Wildman–Crippen LogP) is 19.8. The van der Waals surface area contributed by atoms with Crippen LogP contribution in [0.2, 0.25) is 0 Å². The number of piperidine rings is 3. The van der Waals surface area contributed by atoms with Crippen molar-refractivity contribution in [1.29, 1.82) is 0 Å². The van der Waals surface area contributed by atoms with Crippen LogP contribution in [-0.4, -0.2) is 118 Å². The molecule has 1 amide bonds. The third kappa shape index (κ3) is 20.6. The van der Waals surface area contributed by atoms with E-state index in [1.54, 1.807) is 6.07 Å². The lowest BCUT2D eigenvalue weighted by Crippen LogP contribution is -2.37. The van der Waals surface area contributed by atoms with Crippen molar-refractivity contribution in [2.75, 3.05) is 70.1 Å². The highest BCUT2D eigenvalue weighted by Gasteiger charge is 2.34. The second kappa shape index (κ2) is 37.8. The zero-order valence-electron chi connectivity index (χ0n) is 62.3. The Morgan fingerprint density at radius 3 is 1.04 bits per heavy atom. The molecule has 3 aliphatic heterocycles. The summed E-state index contributed by atoms with van der Waals surface area (Å²) in [5, 5.41) is 42.6. The van der Waals surface area contributed by atoms with Gasteiger partial charge in [-0.15, -0.1) is 0 Å². The maximum atomic E-state index is 11.5. The van der Waals surface area contributed by atoms with Crippen molar-refractivity contribution >= 4 is 50.7 Å². The Hall–Kier alpha value is -8.97. The first-order valence-electron chi connectivity index (χ1n) is 39.2. The second-order valence-corrected chi connectivity index (χ2v) is 29.9. The van der Waals surface area contributed by atoms with Gasteiger partial charge in [0.2, 0.25) is 5.91 Å². The van der Waals surface area contributed by atoms with E-state index in [0.717, 1.165) is 101 Å². The number of aromatic hydroxyl groups is 1. The standard InChI is InChI=1S/C33H38N2O2.C31H36N2O.C31H37NO2/c1-24(37)34-30-15-13-29(14-16-30)33(32(8-5-23-36)27-6-3-2-4-7-27)28-11-9-25(10-12-28)26-19-21-35(22-20-26)31-17-18-31;32-28-14-12-27(13-15-28)31(30(7-4-22-34)25-5-2-1-3-6-25)26-10-8-23(9-11-26)24-18-20-33(21-19-24)29-16-17-29;1-23(2)32-20-18-25(19-21-32)24-14-16-27(17-15-24)31(29-11-6-7-13-30(29)34)28(12-8-22-33)26-9-4-3-5-10-26/h2-4,6-7,9-16,26,31,36H,5,8,17-23H2,1H3,(H,34,37);1-3,5-6,8-15,24,29,34H,4,7,16-22,32H2;3-7,9-11,13-17,23,25,33-34H,8,12,18-22H2,1-2H3/b33-32+;31-30+;31-28+. The SMILES string of the molecule is CC(=O)Nc1ccc(/C(=C(\CCCO)c2ccccc2)c2ccc(C3CCN(C4CC4)CC3)cc2)cc1.CC(C)N1CCC(c2ccc(/C(=C(/CCCO)c3ccccc3)c3ccccc3O)cc2)CC1.Nc1ccc(/C(=C(\CCCO)c2ccccc2)c2ccc(C3CCN(C4CC4)CC3)cc2)cc1. The van der Waals surface area contributed by atoms with Crippen LogP contribution in [0.25, 0.3) is 33.4 Å². The number of aliphatic hydroxyl groups excluding tert-OH is 3. The van der Waals surface area contributed by atoms with Crippen LogP contribution in [0.5, 0.6) is 5.75 Å². The van der Waals surface area contributed by atoms with Gasteiger partial charge in [-0.2, -0.15) is 0 Å².